The van der Waals surface area contributed by atoms with Gasteiger partial charge in [0, 0.05) is 57.4 Å². The summed E-state index contributed by atoms with van der Waals surface area (Å²) in [6, 6.07) is 16.7. The van der Waals surface area contributed by atoms with Gasteiger partial charge in [0.15, 0.2) is 11.6 Å². The molecule has 0 aliphatic carbocycles. The molecule has 6 rings (SSSR count). The van der Waals surface area contributed by atoms with Gasteiger partial charge in [0.2, 0.25) is 5.91 Å². The molecule has 0 unspecified atom stereocenters. The summed E-state index contributed by atoms with van der Waals surface area (Å²) in [7, 11) is 1.57. The van der Waals surface area contributed by atoms with Gasteiger partial charge in [0.1, 0.15) is 23.8 Å². The Bertz CT molecular complexity index is 1750. The average molecular weight is 733 g/mol. The minimum atomic E-state index is -0.818. The smallest absolute Gasteiger partial charge is 0.410 e. The molecule has 0 bridgehead atoms. The molecule has 0 spiro atoms. The van der Waals surface area contributed by atoms with Crippen molar-refractivity contribution in [2.45, 2.75) is 78.6 Å². The molecule has 3 aliphatic rings. The molecule has 0 radical (unpaired) electrons. The van der Waals surface area contributed by atoms with Crippen LogP contribution < -0.4 is 19.3 Å². The van der Waals surface area contributed by atoms with E-state index in [2.05, 4.69) is 9.80 Å². The van der Waals surface area contributed by atoms with Crippen LogP contribution in [0.25, 0.3) is 0 Å². The SMILES string of the molecule is CCC1(CC)C(=O)N(c2cccc(F)c2OCc2ccccc2)[C@H]1c1cc(F)c(N2CCC(CN3CCN(C(=O)OC(C)(C)C)CC3)CC2)cc1OC. The highest BCUT2D eigenvalue weighted by atomic mass is 19.1. The fourth-order valence-corrected chi connectivity index (χ4v) is 8.19. The zero-order valence-corrected chi connectivity index (χ0v) is 32.0. The van der Waals surface area contributed by atoms with Crippen LogP contribution in [0.1, 0.15) is 77.5 Å². The molecule has 286 valence electrons. The number of nitrogens with zero attached hydrogens (tertiary/aromatic N) is 4. The lowest BCUT2D eigenvalue weighted by Gasteiger charge is -2.56. The predicted molar refractivity (Wildman–Crippen MR) is 203 cm³/mol. The Kier molecular flexibility index (Phi) is 11.5. The molecule has 0 N–H and O–H groups in total. The normalized spacial score (nSPS) is 19.6. The third-order valence-electron chi connectivity index (χ3n) is 11.2. The molecule has 9 nitrogen and oxygen atoms in total. The van der Waals surface area contributed by atoms with E-state index in [4.69, 9.17) is 14.2 Å². The molecule has 2 amide bonds. The van der Waals surface area contributed by atoms with Gasteiger partial charge in [-0.25, -0.2) is 13.6 Å². The third kappa shape index (κ3) is 7.95. The molecule has 11 heteroatoms. The Balaban J connectivity index is 1.17. The number of piperidine rings is 1. The summed E-state index contributed by atoms with van der Waals surface area (Å²) >= 11 is 0. The third-order valence-corrected chi connectivity index (χ3v) is 11.2. The van der Waals surface area contributed by atoms with Crippen molar-refractivity contribution in [1.82, 2.24) is 9.80 Å². The van der Waals surface area contributed by atoms with Gasteiger partial charge >= 0.3 is 6.09 Å². The molecular weight excluding hydrogens is 678 g/mol. The maximum Gasteiger partial charge on any atom is 0.410 e. The van der Waals surface area contributed by atoms with Crippen molar-refractivity contribution >= 4 is 23.4 Å². The zero-order valence-electron chi connectivity index (χ0n) is 32.0. The highest BCUT2D eigenvalue weighted by molar-refractivity contribution is 6.07. The number of para-hydroxylation sites is 1. The van der Waals surface area contributed by atoms with E-state index < -0.39 is 22.9 Å². The van der Waals surface area contributed by atoms with Crippen LogP contribution in [0.3, 0.4) is 0 Å². The monoisotopic (exact) mass is 732 g/mol. The van der Waals surface area contributed by atoms with Gasteiger partial charge in [0.05, 0.1) is 29.9 Å². The van der Waals surface area contributed by atoms with Crippen molar-refractivity contribution in [2.75, 3.05) is 62.7 Å². The van der Waals surface area contributed by atoms with E-state index in [-0.39, 0.29) is 30.2 Å². The van der Waals surface area contributed by atoms with Crippen LogP contribution in [0.4, 0.5) is 25.0 Å². The second-order valence-electron chi connectivity index (χ2n) is 15.5. The summed E-state index contributed by atoms with van der Waals surface area (Å²) in [5.41, 5.74) is 0.878. The number of hydrogen-bond donors (Lipinski definition) is 0. The summed E-state index contributed by atoms with van der Waals surface area (Å²) < 4.78 is 49.3. The molecule has 53 heavy (non-hydrogen) atoms. The Hall–Kier alpha value is -4.38. The Labute approximate surface area is 312 Å². The summed E-state index contributed by atoms with van der Waals surface area (Å²) in [5.74, 6) is -0.157. The second kappa shape index (κ2) is 15.9. The van der Waals surface area contributed by atoms with E-state index in [1.54, 1.807) is 35.1 Å². The molecule has 0 saturated carbocycles. The number of anilines is 2. The minimum absolute atomic E-state index is 0.0145. The van der Waals surface area contributed by atoms with Crippen LogP contribution in [0.5, 0.6) is 11.5 Å². The number of rotatable bonds is 11. The average Bonchev–Trinajstić information content (AvgIpc) is 3.14. The number of hydrogen-bond acceptors (Lipinski definition) is 7. The van der Waals surface area contributed by atoms with E-state index in [9.17, 15) is 9.59 Å². The standard InChI is InChI=1S/C42H54F2N4O5/c1-7-42(8-2)38(48(39(42)49)34-16-12-15-32(43)37(34)52-28-30-13-10-9-11-14-30)31-25-33(44)35(26-36(31)51-6)46-19-17-29(18-20-46)27-45-21-23-47(24-22-45)40(50)53-41(3,4)5/h9-16,25-26,29,38H,7-8,17-24,27-28H2,1-6H3/t38-/m0/s1. The minimum Gasteiger partial charge on any atom is -0.496 e. The first-order valence-corrected chi connectivity index (χ1v) is 19.0. The summed E-state index contributed by atoms with van der Waals surface area (Å²) in [6.45, 7) is 15.0. The van der Waals surface area contributed by atoms with Crippen LogP contribution in [-0.4, -0.2) is 80.3 Å². The van der Waals surface area contributed by atoms with Gasteiger partial charge in [-0.1, -0.05) is 50.2 Å². The van der Waals surface area contributed by atoms with E-state index in [1.165, 1.54) is 12.1 Å². The number of carbonyl (C=O) groups is 2. The van der Waals surface area contributed by atoms with Crippen molar-refractivity contribution in [3.63, 3.8) is 0 Å². The highest BCUT2D eigenvalue weighted by Crippen LogP contribution is 2.59. The van der Waals surface area contributed by atoms with E-state index >= 15 is 8.78 Å². The molecule has 3 saturated heterocycles. The number of halogens is 2. The summed E-state index contributed by atoms with van der Waals surface area (Å²) in [5, 5.41) is 0. The van der Waals surface area contributed by atoms with Crippen molar-refractivity contribution in [3.8, 4) is 11.5 Å². The fraction of sp³-hybridized carbons (Fsp3) is 0.524. The number of methoxy groups -OCH3 is 1. The van der Waals surface area contributed by atoms with Crippen molar-refractivity contribution < 1.29 is 32.6 Å². The van der Waals surface area contributed by atoms with Gasteiger partial charge in [0.25, 0.3) is 0 Å². The summed E-state index contributed by atoms with van der Waals surface area (Å²) in [4.78, 5) is 34.4. The fourth-order valence-electron chi connectivity index (χ4n) is 8.19. The molecule has 3 aromatic carbocycles. The quantitative estimate of drug-likeness (QED) is 0.184. The largest absolute Gasteiger partial charge is 0.496 e. The van der Waals surface area contributed by atoms with Crippen LogP contribution in [0.15, 0.2) is 60.7 Å². The first kappa shape index (κ1) is 38.3. The van der Waals surface area contributed by atoms with Crippen LogP contribution >= 0.6 is 0 Å². The maximum absolute atomic E-state index is 16.3. The van der Waals surface area contributed by atoms with Crippen LogP contribution in [-0.2, 0) is 16.1 Å². The van der Waals surface area contributed by atoms with Crippen LogP contribution in [0.2, 0.25) is 0 Å². The Morgan fingerprint density at radius 3 is 2.17 bits per heavy atom. The topological polar surface area (TPSA) is 74.8 Å². The maximum atomic E-state index is 16.3. The molecule has 3 heterocycles. The van der Waals surface area contributed by atoms with Gasteiger partial charge in [-0.05, 0) is 76.1 Å². The van der Waals surface area contributed by atoms with E-state index in [0.29, 0.717) is 67.6 Å². The molecule has 3 aliphatic heterocycles. The molecule has 1 atom stereocenters. The van der Waals surface area contributed by atoms with Crippen molar-refractivity contribution in [3.05, 3.63) is 83.4 Å². The van der Waals surface area contributed by atoms with Crippen LogP contribution in [0, 0.1) is 23.0 Å². The lowest BCUT2D eigenvalue weighted by molar-refractivity contribution is -0.141. The second-order valence-corrected chi connectivity index (χ2v) is 15.5. The lowest BCUT2D eigenvalue weighted by Crippen LogP contribution is -2.63. The number of piperazine rings is 1. The number of β-lactam (4-membered cyclic amide) rings is 1. The molecule has 3 fully saturated rings. The molecular formula is C42H54F2N4O5. The summed E-state index contributed by atoms with van der Waals surface area (Å²) in [6.07, 6.45) is 2.62. The highest BCUT2D eigenvalue weighted by Gasteiger charge is 2.61. The number of carbonyl (C=O) groups excluding carboxylic acids is 2. The Morgan fingerprint density at radius 2 is 1.55 bits per heavy atom. The van der Waals surface area contributed by atoms with E-state index in [0.717, 1.165) is 38.0 Å². The molecule has 0 aromatic heterocycles. The predicted octanol–water partition coefficient (Wildman–Crippen LogP) is 8.22. The lowest BCUT2D eigenvalue weighted by atomic mass is 9.64. The molecule has 3 aromatic rings. The van der Waals surface area contributed by atoms with Gasteiger partial charge in [-0.2, -0.15) is 0 Å². The Morgan fingerprint density at radius 1 is 0.868 bits per heavy atom. The number of amides is 2. The van der Waals surface area contributed by atoms with E-state index in [1.807, 2.05) is 65.0 Å². The van der Waals surface area contributed by atoms with Crippen molar-refractivity contribution in [1.29, 1.82) is 0 Å². The number of benzene rings is 3. The van der Waals surface area contributed by atoms with Gasteiger partial charge in [-0.3, -0.25) is 14.6 Å². The first-order chi connectivity index (χ1) is 25.4. The van der Waals surface area contributed by atoms with Gasteiger partial charge < -0.3 is 24.0 Å². The zero-order chi connectivity index (χ0) is 37.9. The van der Waals surface area contributed by atoms with Crippen molar-refractivity contribution in [2.24, 2.45) is 11.3 Å². The first-order valence-electron chi connectivity index (χ1n) is 19.0. The van der Waals surface area contributed by atoms with Gasteiger partial charge in [-0.15, -0.1) is 0 Å². The number of ether oxygens (including phenoxy) is 3.